The highest BCUT2D eigenvalue weighted by Crippen LogP contribution is 2.27. The lowest BCUT2D eigenvalue weighted by Crippen LogP contribution is -2.41. The van der Waals surface area contributed by atoms with Crippen LogP contribution in [0, 0.1) is 0 Å². The van der Waals surface area contributed by atoms with Crippen molar-refractivity contribution in [2.45, 2.75) is 32.7 Å². The molecule has 0 saturated heterocycles. The molecule has 0 aromatic heterocycles. The maximum Gasteiger partial charge on any atom is 0.324 e. The fraction of sp³-hybridized carbons (Fsp3) is 0.500. The predicted molar refractivity (Wildman–Crippen MR) is 98.9 cm³/mol. The van der Waals surface area contributed by atoms with Gasteiger partial charge in [0.2, 0.25) is 10.0 Å². The first-order valence-corrected chi connectivity index (χ1v) is 10.0. The van der Waals surface area contributed by atoms with E-state index in [9.17, 15) is 18.0 Å². The predicted octanol–water partition coefficient (Wildman–Crippen LogP) is 1.94. The minimum atomic E-state index is -3.56. The summed E-state index contributed by atoms with van der Waals surface area (Å²) in [7, 11) is -2.10. The van der Waals surface area contributed by atoms with Gasteiger partial charge >= 0.3 is 5.97 Å². The summed E-state index contributed by atoms with van der Waals surface area (Å²) < 4.78 is 35.5. The fourth-order valence-corrected chi connectivity index (χ4v) is 3.59. The van der Waals surface area contributed by atoms with Crippen molar-refractivity contribution in [1.29, 1.82) is 0 Å². The lowest BCUT2D eigenvalue weighted by atomic mass is 10.3. The topological polar surface area (TPSA) is 111 Å². The van der Waals surface area contributed by atoms with Crippen molar-refractivity contribution in [2.24, 2.45) is 0 Å². The average molecular weight is 407 g/mol. The van der Waals surface area contributed by atoms with E-state index in [1.165, 1.54) is 20.1 Å². The molecule has 0 unspecified atom stereocenters. The summed E-state index contributed by atoms with van der Waals surface area (Å²) in [5.41, 5.74) is 0.408. The van der Waals surface area contributed by atoms with Crippen molar-refractivity contribution < 1.29 is 27.5 Å². The number of sulfonamides is 1. The zero-order valence-corrected chi connectivity index (χ0v) is 16.4. The first kappa shape index (κ1) is 22.2. The summed E-state index contributed by atoms with van der Waals surface area (Å²) in [5.74, 6) is -1.03. The zero-order valence-electron chi connectivity index (χ0n) is 14.9. The van der Waals surface area contributed by atoms with E-state index in [0.29, 0.717) is 22.9 Å². The van der Waals surface area contributed by atoms with Crippen LogP contribution in [0.15, 0.2) is 18.2 Å². The Morgan fingerprint density at radius 2 is 2.00 bits per heavy atom. The smallest absolute Gasteiger partial charge is 0.324 e. The number of carbonyl (C=O) groups is 2. The van der Waals surface area contributed by atoms with Crippen LogP contribution in [0.4, 0.5) is 5.69 Å². The summed E-state index contributed by atoms with van der Waals surface area (Å²) in [6, 6.07) is 3.57. The van der Waals surface area contributed by atoms with Crippen molar-refractivity contribution in [3.8, 4) is 5.75 Å². The Kier molecular flexibility index (Phi) is 8.83. The summed E-state index contributed by atoms with van der Waals surface area (Å²) >= 11 is 5.95. The minimum Gasteiger partial charge on any atom is -0.495 e. The van der Waals surface area contributed by atoms with Crippen LogP contribution in [0.3, 0.4) is 0 Å². The van der Waals surface area contributed by atoms with Gasteiger partial charge in [0, 0.05) is 5.69 Å². The van der Waals surface area contributed by atoms with E-state index < -0.39 is 34.5 Å². The molecule has 26 heavy (non-hydrogen) atoms. The second-order valence-corrected chi connectivity index (χ2v) is 7.80. The number of ether oxygens (including phenoxy) is 2. The number of carbonyl (C=O) groups excluding carboxylic acids is 2. The maximum atomic E-state index is 11.8. The lowest BCUT2D eigenvalue weighted by molar-refractivity contribution is -0.148. The number of hydrogen-bond acceptors (Lipinski definition) is 6. The normalized spacial score (nSPS) is 12.3. The van der Waals surface area contributed by atoms with Crippen LogP contribution in [-0.4, -0.2) is 45.8 Å². The summed E-state index contributed by atoms with van der Waals surface area (Å²) in [6.45, 7) is 2.66. The Hall–Kier alpha value is -1.84. The van der Waals surface area contributed by atoms with Crippen molar-refractivity contribution in [1.82, 2.24) is 4.72 Å². The van der Waals surface area contributed by atoms with Crippen LogP contribution >= 0.6 is 11.6 Å². The third kappa shape index (κ3) is 7.59. The Morgan fingerprint density at radius 3 is 2.58 bits per heavy atom. The van der Waals surface area contributed by atoms with Gasteiger partial charge in [0.25, 0.3) is 5.91 Å². The number of anilines is 1. The van der Waals surface area contributed by atoms with E-state index in [2.05, 4.69) is 10.0 Å². The minimum absolute atomic E-state index is 0.0696. The molecule has 0 aliphatic rings. The second kappa shape index (κ2) is 10.3. The highest BCUT2D eigenvalue weighted by Gasteiger charge is 2.21. The average Bonchev–Trinajstić information content (AvgIpc) is 2.57. The van der Waals surface area contributed by atoms with Crippen LogP contribution in [0.25, 0.3) is 0 Å². The van der Waals surface area contributed by atoms with Crippen molar-refractivity contribution in [3.63, 3.8) is 0 Å². The van der Waals surface area contributed by atoms with E-state index in [-0.39, 0.29) is 5.75 Å². The molecule has 1 atom stereocenters. The molecule has 1 aromatic rings. The number of hydrogen-bond donors (Lipinski definition) is 2. The molecule has 1 amide bonds. The standard InChI is InChI=1S/C16H23ClN2O6S/c1-4-5-8-26(22,23)19-11(2)16(21)25-10-15(20)18-12-6-7-14(24-3)13(17)9-12/h6-7,9,11,19H,4-5,8,10H2,1-3H3,(H,18,20)/t11-/m0/s1. The molecule has 10 heteroatoms. The van der Waals surface area contributed by atoms with E-state index in [0.717, 1.165) is 6.42 Å². The molecule has 146 valence electrons. The third-order valence-corrected chi connectivity index (χ3v) is 5.09. The Morgan fingerprint density at radius 1 is 1.31 bits per heavy atom. The molecule has 1 rings (SSSR count). The van der Waals surface area contributed by atoms with Gasteiger partial charge < -0.3 is 14.8 Å². The van der Waals surface area contributed by atoms with Crippen LogP contribution in [0.1, 0.15) is 26.7 Å². The van der Waals surface area contributed by atoms with Gasteiger partial charge in [-0.05, 0) is 31.5 Å². The largest absolute Gasteiger partial charge is 0.495 e. The molecule has 1 aromatic carbocycles. The van der Waals surface area contributed by atoms with Gasteiger partial charge in [-0.3, -0.25) is 9.59 Å². The van der Waals surface area contributed by atoms with Gasteiger partial charge in [0.1, 0.15) is 11.8 Å². The number of halogens is 1. The summed E-state index contributed by atoms with van der Waals surface area (Å²) in [6.07, 6.45) is 1.21. The van der Waals surface area contributed by atoms with E-state index in [1.807, 2.05) is 6.92 Å². The second-order valence-electron chi connectivity index (χ2n) is 5.52. The third-order valence-electron chi connectivity index (χ3n) is 3.26. The molecule has 0 heterocycles. The maximum absolute atomic E-state index is 11.8. The summed E-state index contributed by atoms with van der Waals surface area (Å²) in [4.78, 5) is 23.7. The van der Waals surface area contributed by atoms with Crippen molar-refractivity contribution in [2.75, 3.05) is 24.8 Å². The van der Waals surface area contributed by atoms with Crippen molar-refractivity contribution >= 4 is 39.2 Å². The molecule has 0 bridgehead atoms. The first-order valence-electron chi connectivity index (χ1n) is 7.98. The van der Waals surface area contributed by atoms with Crippen LogP contribution in [0.5, 0.6) is 5.75 Å². The number of rotatable bonds is 10. The number of amides is 1. The molecule has 2 N–H and O–H groups in total. The number of esters is 1. The molecule has 0 aliphatic carbocycles. The molecular formula is C16H23ClN2O6S. The first-order chi connectivity index (χ1) is 12.2. The summed E-state index contributed by atoms with van der Waals surface area (Å²) in [5, 5.41) is 2.83. The fourth-order valence-electron chi connectivity index (χ4n) is 1.91. The van der Waals surface area contributed by atoms with Crippen molar-refractivity contribution in [3.05, 3.63) is 23.2 Å². The number of unbranched alkanes of at least 4 members (excludes halogenated alkanes) is 1. The molecule has 0 spiro atoms. The quantitative estimate of drug-likeness (QED) is 0.574. The van der Waals surface area contributed by atoms with Crippen LogP contribution < -0.4 is 14.8 Å². The Balaban J connectivity index is 2.48. The number of benzene rings is 1. The van der Waals surface area contributed by atoms with Crippen LogP contribution in [0.2, 0.25) is 5.02 Å². The van der Waals surface area contributed by atoms with Gasteiger partial charge in [-0.2, -0.15) is 0 Å². The number of nitrogens with one attached hydrogen (secondary N) is 2. The SMILES string of the molecule is CCCCS(=O)(=O)N[C@@H](C)C(=O)OCC(=O)Nc1ccc(OC)c(Cl)c1. The molecule has 0 aliphatic heterocycles. The Labute approximate surface area is 158 Å². The highest BCUT2D eigenvalue weighted by atomic mass is 35.5. The van der Waals surface area contributed by atoms with E-state index >= 15 is 0 Å². The highest BCUT2D eigenvalue weighted by molar-refractivity contribution is 7.89. The van der Waals surface area contributed by atoms with Gasteiger partial charge in [0.15, 0.2) is 6.61 Å². The molecule has 0 radical (unpaired) electrons. The monoisotopic (exact) mass is 406 g/mol. The molecule has 0 fully saturated rings. The van der Waals surface area contributed by atoms with Gasteiger partial charge in [-0.1, -0.05) is 24.9 Å². The molecular weight excluding hydrogens is 384 g/mol. The van der Waals surface area contributed by atoms with E-state index in [4.69, 9.17) is 21.1 Å². The van der Waals surface area contributed by atoms with Gasteiger partial charge in [-0.15, -0.1) is 0 Å². The lowest BCUT2D eigenvalue weighted by Gasteiger charge is -2.13. The van der Waals surface area contributed by atoms with E-state index in [1.54, 1.807) is 12.1 Å². The Bertz CT molecular complexity index is 738. The number of methoxy groups -OCH3 is 1. The molecule has 0 saturated carbocycles. The van der Waals surface area contributed by atoms with Gasteiger partial charge in [0.05, 0.1) is 17.9 Å². The zero-order chi connectivity index (χ0) is 19.7. The van der Waals surface area contributed by atoms with Crippen LogP contribution in [-0.2, 0) is 24.3 Å². The van der Waals surface area contributed by atoms with Gasteiger partial charge in [-0.25, -0.2) is 13.1 Å². The molecule has 8 nitrogen and oxygen atoms in total.